The first-order chi connectivity index (χ1) is 15.2. The van der Waals surface area contributed by atoms with Gasteiger partial charge >= 0.3 is 11.9 Å². The number of esters is 1. The molecule has 0 saturated carbocycles. The van der Waals surface area contributed by atoms with Crippen LogP contribution in [0.2, 0.25) is 0 Å². The molecule has 8 heteroatoms. The number of carbonyl (C=O) groups excluding carboxylic acids is 1. The first-order valence-corrected chi connectivity index (χ1v) is 10.6. The number of hydrogen-bond donors (Lipinski definition) is 2. The largest absolute Gasteiger partial charge is 0.478 e. The minimum absolute atomic E-state index is 0.207. The van der Waals surface area contributed by atoms with Gasteiger partial charge in [0.2, 0.25) is 5.89 Å². The summed E-state index contributed by atoms with van der Waals surface area (Å²) in [5, 5.41) is 12.5. The van der Waals surface area contributed by atoms with Crippen molar-refractivity contribution in [2.24, 2.45) is 0 Å². The Labute approximate surface area is 186 Å². The smallest absolute Gasteiger partial charge is 0.347 e. The summed E-state index contributed by atoms with van der Waals surface area (Å²) in [6.45, 7) is 6.95. The summed E-state index contributed by atoms with van der Waals surface area (Å²) in [5.41, 5.74) is 0.813. The van der Waals surface area contributed by atoms with Crippen molar-refractivity contribution < 1.29 is 28.6 Å². The third kappa shape index (κ3) is 5.26. The van der Waals surface area contributed by atoms with Crippen molar-refractivity contribution in [3.63, 3.8) is 0 Å². The van der Waals surface area contributed by atoms with E-state index in [-0.39, 0.29) is 18.5 Å². The number of nitrogens with zero attached hydrogens (tertiary/aromatic N) is 1. The second-order valence-electron chi connectivity index (χ2n) is 7.82. The summed E-state index contributed by atoms with van der Waals surface area (Å²) in [6, 6.07) is 13.3. The Morgan fingerprint density at radius 3 is 2.41 bits per heavy atom. The number of aliphatic carboxylic acids is 1. The summed E-state index contributed by atoms with van der Waals surface area (Å²) in [7, 11) is 0. The van der Waals surface area contributed by atoms with Crippen LogP contribution in [0.3, 0.4) is 0 Å². The maximum Gasteiger partial charge on any atom is 0.347 e. The van der Waals surface area contributed by atoms with Crippen LogP contribution in [0, 0.1) is 0 Å². The maximum absolute atomic E-state index is 12.7. The fourth-order valence-electron chi connectivity index (χ4n) is 3.24. The molecule has 0 saturated heterocycles. The summed E-state index contributed by atoms with van der Waals surface area (Å²) in [6.07, 6.45) is 0.678. The van der Waals surface area contributed by atoms with Gasteiger partial charge in [-0.05, 0) is 57.0 Å². The molecule has 0 aliphatic heterocycles. The van der Waals surface area contributed by atoms with Gasteiger partial charge in [-0.15, -0.1) is 0 Å². The number of carbonyl (C=O) groups is 2. The number of carboxylic acids is 1. The molecule has 0 spiro atoms. The Bertz CT molecular complexity index is 1040. The number of benzene rings is 2. The van der Waals surface area contributed by atoms with Crippen molar-refractivity contribution in [1.82, 2.24) is 10.3 Å². The van der Waals surface area contributed by atoms with E-state index in [1.165, 1.54) is 13.8 Å². The molecule has 170 valence electrons. The lowest BCUT2D eigenvalue weighted by Crippen LogP contribution is -2.37. The van der Waals surface area contributed by atoms with E-state index in [2.05, 4.69) is 10.3 Å². The fourth-order valence-corrected chi connectivity index (χ4v) is 3.24. The van der Waals surface area contributed by atoms with E-state index in [0.29, 0.717) is 23.3 Å². The predicted molar refractivity (Wildman–Crippen MR) is 118 cm³/mol. The molecule has 0 aliphatic rings. The van der Waals surface area contributed by atoms with E-state index in [9.17, 15) is 14.7 Å². The molecule has 0 fully saturated rings. The molecule has 2 atom stereocenters. The molecule has 0 bridgehead atoms. The number of oxazole rings is 1. The number of carboxylic acid groups (broad SMARTS) is 1. The van der Waals surface area contributed by atoms with Crippen LogP contribution >= 0.6 is 0 Å². The van der Waals surface area contributed by atoms with E-state index >= 15 is 0 Å². The van der Waals surface area contributed by atoms with E-state index in [0.717, 1.165) is 5.56 Å². The predicted octanol–water partition coefficient (Wildman–Crippen LogP) is 4.41. The SMILES string of the molecule is CCOC(=O)C(NC(CC)c1ccc(OC(C)(C)C(=O)O)cc1)c1nc2ccccc2o1. The van der Waals surface area contributed by atoms with Crippen LogP contribution in [-0.2, 0) is 14.3 Å². The molecule has 0 radical (unpaired) electrons. The third-order valence-electron chi connectivity index (χ3n) is 5.03. The molecule has 2 aromatic carbocycles. The zero-order valence-electron chi connectivity index (χ0n) is 18.6. The van der Waals surface area contributed by atoms with Crippen molar-refractivity contribution >= 4 is 23.0 Å². The van der Waals surface area contributed by atoms with Gasteiger partial charge in [0, 0.05) is 6.04 Å². The average Bonchev–Trinajstić information content (AvgIpc) is 3.19. The first-order valence-electron chi connectivity index (χ1n) is 10.6. The normalized spacial score (nSPS) is 13.5. The molecule has 3 rings (SSSR count). The summed E-state index contributed by atoms with van der Waals surface area (Å²) in [4.78, 5) is 28.5. The lowest BCUT2D eigenvalue weighted by molar-refractivity contribution is -0.152. The number of fused-ring (bicyclic) bond motifs is 1. The standard InChI is InChI=1S/C24H28N2O6/c1-5-17(15-11-13-16(14-12-15)32-24(3,4)23(28)29)25-20(22(27)30-6-2)21-26-18-9-7-8-10-19(18)31-21/h7-14,17,20,25H,5-6H2,1-4H3,(H,28,29). The lowest BCUT2D eigenvalue weighted by Gasteiger charge is -2.24. The van der Waals surface area contributed by atoms with Crippen LogP contribution in [0.4, 0.5) is 0 Å². The van der Waals surface area contributed by atoms with Gasteiger partial charge in [-0.1, -0.05) is 31.2 Å². The van der Waals surface area contributed by atoms with Gasteiger partial charge in [0.15, 0.2) is 17.2 Å². The topological polar surface area (TPSA) is 111 Å². The Morgan fingerprint density at radius 2 is 1.81 bits per heavy atom. The maximum atomic E-state index is 12.7. The van der Waals surface area contributed by atoms with Crippen LogP contribution in [0.25, 0.3) is 11.1 Å². The Balaban J connectivity index is 1.84. The van der Waals surface area contributed by atoms with Crippen molar-refractivity contribution in [2.75, 3.05) is 6.61 Å². The van der Waals surface area contributed by atoms with E-state index < -0.39 is 23.6 Å². The molecule has 3 aromatic rings. The number of ether oxygens (including phenoxy) is 2. The molecule has 8 nitrogen and oxygen atoms in total. The van der Waals surface area contributed by atoms with Crippen molar-refractivity contribution in [3.05, 3.63) is 60.0 Å². The molecular formula is C24H28N2O6. The molecule has 2 N–H and O–H groups in total. The van der Waals surface area contributed by atoms with Crippen LogP contribution in [0.15, 0.2) is 52.9 Å². The summed E-state index contributed by atoms with van der Waals surface area (Å²) >= 11 is 0. The monoisotopic (exact) mass is 440 g/mol. The molecule has 0 aliphatic carbocycles. The number of nitrogens with one attached hydrogen (secondary N) is 1. The van der Waals surface area contributed by atoms with Gasteiger partial charge in [0.1, 0.15) is 11.3 Å². The minimum atomic E-state index is -1.34. The minimum Gasteiger partial charge on any atom is -0.478 e. The number of hydrogen-bond acceptors (Lipinski definition) is 7. The summed E-state index contributed by atoms with van der Waals surface area (Å²) < 4.78 is 16.6. The van der Waals surface area contributed by atoms with Gasteiger partial charge < -0.3 is 19.0 Å². The Hall–Kier alpha value is -3.39. The summed E-state index contributed by atoms with van der Waals surface area (Å²) in [5.74, 6) is -0.839. The fraction of sp³-hybridized carbons (Fsp3) is 0.375. The van der Waals surface area contributed by atoms with Crippen LogP contribution in [0.1, 0.15) is 57.7 Å². The van der Waals surface area contributed by atoms with Crippen LogP contribution in [-0.4, -0.2) is 34.2 Å². The van der Waals surface area contributed by atoms with E-state index in [1.807, 2.05) is 37.3 Å². The highest BCUT2D eigenvalue weighted by Gasteiger charge is 2.31. The second kappa shape index (κ2) is 9.82. The Morgan fingerprint density at radius 1 is 1.12 bits per heavy atom. The van der Waals surface area contributed by atoms with Gasteiger partial charge in [-0.3, -0.25) is 5.32 Å². The van der Waals surface area contributed by atoms with Crippen molar-refractivity contribution in [2.45, 2.75) is 51.8 Å². The van der Waals surface area contributed by atoms with Crippen molar-refractivity contribution in [1.29, 1.82) is 0 Å². The number of aromatic nitrogens is 1. The van der Waals surface area contributed by atoms with Gasteiger partial charge in [0.25, 0.3) is 0 Å². The van der Waals surface area contributed by atoms with Gasteiger partial charge in [-0.25, -0.2) is 14.6 Å². The quantitative estimate of drug-likeness (QED) is 0.446. The van der Waals surface area contributed by atoms with Gasteiger partial charge in [0.05, 0.1) is 6.61 Å². The first kappa shape index (κ1) is 23.3. The molecule has 2 unspecified atom stereocenters. The molecule has 0 amide bonds. The Kier molecular flexibility index (Phi) is 7.15. The lowest BCUT2D eigenvalue weighted by atomic mass is 10.0. The second-order valence-corrected chi connectivity index (χ2v) is 7.82. The zero-order chi connectivity index (χ0) is 23.3. The molecular weight excluding hydrogens is 412 g/mol. The number of rotatable bonds is 10. The van der Waals surface area contributed by atoms with Crippen LogP contribution < -0.4 is 10.1 Å². The van der Waals surface area contributed by atoms with Gasteiger partial charge in [-0.2, -0.15) is 0 Å². The third-order valence-corrected chi connectivity index (χ3v) is 5.03. The van der Waals surface area contributed by atoms with E-state index in [1.54, 1.807) is 25.1 Å². The van der Waals surface area contributed by atoms with Crippen molar-refractivity contribution in [3.8, 4) is 5.75 Å². The molecule has 1 heterocycles. The highest BCUT2D eigenvalue weighted by atomic mass is 16.5. The average molecular weight is 440 g/mol. The van der Waals surface area contributed by atoms with E-state index in [4.69, 9.17) is 13.9 Å². The number of para-hydroxylation sites is 2. The highest BCUT2D eigenvalue weighted by Crippen LogP contribution is 2.28. The molecule has 32 heavy (non-hydrogen) atoms. The molecule has 1 aromatic heterocycles. The zero-order valence-corrected chi connectivity index (χ0v) is 18.6. The highest BCUT2D eigenvalue weighted by molar-refractivity contribution is 5.79. The van der Waals surface area contributed by atoms with Crippen LogP contribution in [0.5, 0.6) is 5.75 Å².